The highest BCUT2D eigenvalue weighted by Gasteiger charge is 2.75. The molecule has 69 heavy (non-hydrogen) atoms. The molecule has 6 aromatic carbocycles. The number of carbonyl (C=O) groups is 4. The molecule has 0 saturated carbocycles. The number of carbonyl (C=O) groups excluding carboxylic acids is 4. The van der Waals surface area contributed by atoms with Gasteiger partial charge in [-0.1, -0.05) is 138 Å². The minimum absolute atomic E-state index is 0.0348. The third kappa shape index (κ3) is 8.09. The van der Waals surface area contributed by atoms with Gasteiger partial charge in [-0.15, -0.1) is 0 Å². The molecule has 4 amide bonds. The second-order valence-electron chi connectivity index (χ2n) is 17.1. The fraction of sp³-hybridized carbons (Fsp3) is 0.218. The number of benzene rings is 6. The molecule has 7 unspecified atom stereocenters. The number of rotatable bonds is 11. The molecule has 3 aliphatic rings. The zero-order valence-corrected chi connectivity index (χ0v) is 38.2. The summed E-state index contributed by atoms with van der Waals surface area (Å²) in [5.41, 5.74) is 2.34. The van der Waals surface area contributed by atoms with Gasteiger partial charge in [-0.25, -0.2) is 14.7 Å². The summed E-state index contributed by atoms with van der Waals surface area (Å²) in [4.78, 5) is 70.9. The molecule has 3 aliphatic heterocycles. The van der Waals surface area contributed by atoms with E-state index >= 15 is 19.2 Å². The summed E-state index contributed by atoms with van der Waals surface area (Å²) in [5.74, 6) is 2.82. The molecule has 0 radical (unpaired) electrons. The van der Waals surface area contributed by atoms with Crippen molar-refractivity contribution in [2.24, 2.45) is 5.92 Å². The van der Waals surface area contributed by atoms with Crippen LogP contribution in [0.1, 0.15) is 71.0 Å². The normalized spacial score (nSPS) is 22.0. The van der Waals surface area contributed by atoms with E-state index in [9.17, 15) is 10.2 Å². The second kappa shape index (κ2) is 19.1. The van der Waals surface area contributed by atoms with Crippen molar-refractivity contribution < 1.29 is 38.9 Å². The van der Waals surface area contributed by atoms with Crippen molar-refractivity contribution in [3.8, 4) is 17.6 Å². The number of nitrogens with zero attached hydrogens (tertiary/aromatic N) is 3. The maximum atomic E-state index is 16.6. The molecule has 0 aliphatic carbocycles. The summed E-state index contributed by atoms with van der Waals surface area (Å²) in [7, 11) is 0. The first-order chi connectivity index (χ1) is 33.7. The quantitative estimate of drug-likeness (QED) is 0.0733. The lowest BCUT2D eigenvalue weighted by Crippen LogP contribution is -2.55. The van der Waals surface area contributed by atoms with Crippen molar-refractivity contribution in [3.63, 3.8) is 0 Å². The van der Waals surface area contributed by atoms with E-state index in [1.165, 1.54) is 11.3 Å². The van der Waals surface area contributed by atoms with Crippen molar-refractivity contribution in [1.29, 1.82) is 0 Å². The van der Waals surface area contributed by atoms with E-state index in [-0.39, 0.29) is 37.1 Å². The number of morpholine rings is 1. The van der Waals surface area contributed by atoms with Crippen LogP contribution in [-0.4, -0.2) is 69.8 Å². The number of imide groups is 1. The second-order valence-corrected chi connectivity index (χ2v) is 18.1. The maximum absolute atomic E-state index is 16.6. The average Bonchev–Trinajstić information content (AvgIpc) is 4.02. The van der Waals surface area contributed by atoms with Crippen LogP contribution in [0.15, 0.2) is 158 Å². The summed E-state index contributed by atoms with van der Waals surface area (Å²) >= 11 is 1.25. The van der Waals surface area contributed by atoms with E-state index in [0.717, 1.165) is 20.7 Å². The van der Waals surface area contributed by atoms with Gasteiger partial charge in [0.15, 0.2) is 5.13 Å². The van der Waals surface area contributed by atoms with Crippen LogP contribution in [-0.2, 0) is 24.5 Å². The maximum Gasteiger partial charge on any atom is 0.329 e. The molecule has 7 aromatic rings. The summed E-state index contributed by atoms with van der Waals surface area (Å²) in [5, 5.41) is 25.7. The standard InChI is InChI=1S/C55H47N5O8S/c1-34(36-16-5-2-6-17-36)56-54(66)59-43-29-24-35(15-13-14-30-61)33-41(43)55(52(59)65)45(50(63)58-53-57-42-22-11-12-23-44(42)69-53)47-51(64)68-48(38-20-9-4-10-21-38)46(37-18-7-3-8-19-37)60(47)49(55)39-25-27-40(28-26-39)67-32-31-62/h2-12,16-29,33-34,45-49,61-62H,14,30-32H2,1H3,(H,56,66)(H,57,58,63). The lowest BCUT2D eigenvalue weighted by Gasteiger charge is -2.46. The average molecular weight is 938 g/mol. The number of amides is 4. The van der Waals surface area contributed by atoms with Crippen molar-refractivity contribution >= 4 is 56.2 Å². The van der Waals surface area contributed by atoms with Crippen LogP contribution in [0.2, 0.25) is 0 Å². The molecule has 13 nitrogen and oxygen atoms in total. The Kier molecular flexibility index (Phi) is 12.5. The number of urea groups is 1. The van der Waals surface area contributed by atoms with E-state index in [1.807, 2.05) is 127 Å². The molecule has 4 heterocycles. The number of ether oxygens (including phenoxy) is 2. The predicted molar refractivity (Wildman–Crippen MR) is 261 cm³/mol. The van der Waals surface area contributed by atoms with Gasteiger partial charge in [0.1, 0.15) is 29.9 Å². The first-order valence-electron chi connectivity index (χ1n) is 22.7. The predicted octanol–water partition coefficient (Wildman–Crippen LogP) is 8.18. The Balaban J connectivity index is 1.26. The Morgan fingerprint density at radius 1 is 0.812 bits per heavy atom. The van der Waals surface area contributed by atoms with E-state index < -0.39 is 65.4 Å². The number of aliphatic hydroxyl groups excluding tert-OH is 2. The van der Waals surface area contributed by atoms with Gasteiger partial charge < -0.3 is 30.3 Å². The van der Waals surface area contributed by atoms with Gasteiger partial charge in [0.2, 0.25) is 11.8 Å². The van der Waals surface area contributed by atoms with Crippen LogP contribution < -0.4 is 20.3 Å². The van der Waals surface area contributed by atoms with Crippen molar-refractivity contribution in [1.82, 2.24) is 15.2 Å². The number of cyclic esters (lactones) is 1. The Morgan fingerprint density at radius 3 is 2.19 bits per heavy atom. The molecule has 10 rings (SSSR count). The van der Waals surface area contributed by atoms with Crippen molar-refractivity contribution in [2.45, 2.75) is 49.0 Å². The van der Waals surface area contributed by atoms with Gasteiger partial charge in [-0.2, -0.15) is 0 Å². The minimum Gasteiger partial charge on any atom is -0.491 e. The Hall–Kier alpha value is -7.67. The van der Waals surface area contributed by atoms with Gasteiger partial charge in [0.25, 0.3) is 0 Å². The van der Waals surface area contributed by atoms with Crippen LogP contribution >= 0.6 is 11.3 Å². The minimum atomic E-state index is -2.05. The van der Waals surface area contributed by atoms with Crippen LogP contribution in [0.25, 0.3) is 10.2 Å². The molecule has 1 aromatic heterocycles. The lowest BCUT2D eigenvalue weighted by atomic mass is 9.65. The number of thiazole rings is 1. The first-order valence-corrected chi connectivity index (χ1v) is 23.6. The summed E-state index contributed by atoms with van der Waals surface area (Å²) < 4.78 is 13.2. The largest absolute Gasteiger partial charge is 0.491 e. The number of hydrogen-bond donors (Lipinski definition) is 4. The van der Waals surface area contributed by atoms with Crippen LogP contribution in [0.5, 0.6) is 5.75 Å². The third-order valence-electron chi connectivity index (χ3n) is 13.1. The van der Waals surface area contributed by atoms with E-state index in [2.05, 4.69) is 22.5 Å². The number of esters is 1. The molecule has 2 fully saturated rings. The van der Waals surface area contributed by atoms with Gasteiger partial charge >= 0.3 is 12.0 Å². The molecule has 2 saturated heterocycles. The Bertz CT molecular complexity index is 3070. The highest BCUT2D eigenvalue weighted by Crippen LogP contribution is 2.66. The number of aliphatic hydroxyl groups is 2. The topological polar surface area (TPSA) is 171 Å². The van der Waals surface area contributed by atoms with Gasteiger partial charge in [-0.05, 0) is 77.2 Å². The highest BCUT2D eigenvalue weighted by molar-refractivity contribution is 7.22. The smallest absolute Gasteiger partial charge is 0.329 e. The third-order valence-corrected chi connectivity index (χ3v) is 14.1. The molecule has 7 atom stereocenters. The number of anilines is 2. The van der Waals surface area contributed by atoms with Crippen molar-refractivity contribution in [3.05, 3.63) is 191 Å². The van der Waals surface area contributed by atoms with Crippen LogP contribution in [0, 0.1) is 17.8 Å². The number of fused-ring (bicyclic) bond motifs is 4. The fourth-order valence-electron chi connectivity index (χ4n) is 10.3. The SMILES string of the molecule is CC(NC(=O)N1C(=O)C2(c3cc(C#CCCO)ccc31)C(C(=O)Nc1nc3ccccc3s1)C1C(=O)OC(c3ccccc3)C(c3ccccc3)N1C2c1ccc(OCCO)cc1)c1ccccc1. The van der Waals surface area contributed by atoms with Crippen LogP contribution in [0.3, 0.4) is 0 Å². The number of hydrogen-bond acceptors (Lipinski definition) is 11. The zero-order chi connectivity index (χ0) is 47.6. The number of nitrogens with one attached hydrogen (secondary N) is 2. The molecular weight excluding hydrogens is 891 g/mol. The summed E-state index contributed by atoms with van der Waals surface area (Å²) in [6.45, 7) is 1.46. The molecule has 14 heteroatoms. The molecule has 0 bridgehead atoms. The Labute approximate surface area is 402 Å². The van der Waals surface area contributed by atoms with Gasteiger partial charge in [-0.3, -0.25) is 19.3 Å². The summed E-state index contributed by atoms with van der Waals surface area (Å²) in [6, 6.07) is 43.2. The van der Waals surface area contributed by atoms with Gasteiger partial charge in [0.05, 0.1) is 53.2 Å². The van der Waals surface area contributed by atoms with Crippen molar-refractivity contribution in [2.75, 3.05) is 30.0 Å². The molecular formula is C55H47N5O8S. The van der Waals surface area contributed by atoms with E-state index in [0.29, 0.717) is 33.5 Å². The molecule has 346 valence electrons. The number of para-hydroxylation sites is 1. The lowest BCUT2D eigenvalue weighted by molar-refractivity contribution is -0.177. The van der Waals surface area contributed by atoms with Crippen LogP contribution in [0.4, 0.5) is 15.6 Å². The molecule has 1 spiro atoms. The zero-order valence-electron chi connectivity index (χ0n) is 37.4. The highest BCUT2D eigenvalue weighted by atomic mass is 32.1. The first kappa shape index (κ1) is 45.1. The van der Waals surface area contributed by atoms with E-state index in [4.69, 9.17) is 14.5 Å². The summed E-state index contributed by atoms with van der Waals surface area (Å²) in [6.07, 6.45) is -0.748. The van der Waals surface area contributed by atoms with Gasteiger partial charge in [0, 0.05) is 12.0 Å². The monoisotopic (exact) mass is 937 g/mol. The number of aromatic nitrogens is 1. The molecule has 4 N–H and O–H groups in total. The fourth-order valence-corrected chi connectivity index (χ4v) is 11.2. The van der Waals surface area contributed by atoms with E-state index in [1.54, 1.807) is 42.5 Å². The Morgan fingerprint density at radius 2 is 1.49 bits per heavy atom.